The molecular weight excluding hydrogens is 524 g/mol. The average Bonchev–Trinajstić information content (AvgIpc) is 3.37. The third-order valence-corrected chi connectivity index (χ3v) is 9.51. The predicted octanol–water partition coefficient (Wildman–Crippen LogP) is 3.89. The number of oxazole rings is 1. The molecule has 12 heteroatoms. The number of likely N-dealkylation sites (tertiary alicyclic amines) is 1. The number of sulfonamides is 1. The summed E-state index contributed by atoms with van der Waals surface area (Å²) in [7, 11) is -2.32. The fraction of sp³-hybridized carbons (Fsp3) is 0.593. The highest BCUT2D eigenvalue weighted by Crippen LogP contribution is 2.36. The average molecular weight is 563 g/mol. The number of carbonyl (C=O) groups excluding carboxylic acids is 1. The van der Waals surface area contributed by atoms with Gasteiger partial charge in [0, 0.05) is 31.2 Å². The molecule has 0 spiro atoms. The van der Waals surface area contributed by atoms with Crippen LogP contribution in [0.4, 0.5) is 4.79 Å². The second-order valence-corrected chi connectivity index (χ2v) is 13.3. The summed E-state index contributed by atoms with van der Waals surface area (Å²) in [5.74, 6) is 0.448. The van der Waals surface area contributed by atoms with Crippen LogP contribution in [0.5, 0.6) is 5.75 Å². The van der Waals surface area contributed by atoms with Crippen molar-refractivity contribution in [3.63, 3.8) is 0 Å². The van der Waals surface area contributed by atoms with Gasteiger partial charge in [0.1, 0.15) is 12.0 Å². The zero-order chi connectivity index (χ0) is 28.7. The summed E-state index contributed by atoms with van der Waals surface area (Å²) < 4.78 is 39.8. The first-order valence-corrected chi connectivity index (χ1v) is 14.6. The number of nitrogens with zero attached hydrogens (tertiary/aromatic N) is 4. The van der Waals surface area contributed by atoms with Crippen molar-refractivity contribution in [2.24, 2.45) is 5.92 Å². The van der Waals surface area contributed by atoms with Crippen LogP contribution in [0.1, 0.15) is 67.5 Å². The van der Waals surface area contributed by atoms with E-state index in [1.807, 2.05) is 20.8 Å². The van der Waals surface area contributed by atoms with Crippen LogP contribution >= 0.6 is 0 Å². The molecule has 1 saturated carbocycles. The van der Waals surface area contributed by atoms with Crippen molar-refractivity contribution < 1.29 is 32.3 Å². The molecule has 1 unspecified atom stereocenters. The van der Waals surface area contributed by atoms with Gasteiger partial charge in [0.25, 0.3) is 5.91 Å². The molecule has 4 rings (SSSR count). The van der Waals surface area contributed by atoms with E-state index in [1.54, 1.807) is 38.0 Å². The molecule has 39 heavy (non-hydrogen) atoms. The minimum Gasteiger partial charge on any atom is -0.497 e. The first-order valence-electron chi connectivity index (χ1n) is 13.1. The van der Waals surface area contributed by atoms with Crippen LogP contribution in [0.3, 0.4) is 0 Å². The molecule has 0 bridgehead atoms. The Labute approximate surface area is 229 Å². The van der Waals surface area contributed by atoms with E-state index in [-0.39, 0.29) is 40.9 Å². The van der Waals surface area contributed by atoms with E-state index < -0.39 is 21.7 Å². The smallest absolute Gasteiger partial charge is 0.407 e. The SMILES string of the molecule is COc1cc(C)c(S(=O)(=O)N(Cc2nc(C(=O)N3CCC(CN(C(=O)O)C(C)(C)C)C3)co2)C2CC2)c(C)c1. The molecular formula is C27H38N4O7S. The van der Waals surface area contributed by atoms with Crippen LogP contribution in [0, 0.1) is 19.8 Å². The van der Waals surface area contributed by atoms with Crippen LogP contribution in [0.15, 0.2) is 27.7 Å². The first-order chi connectivity index (χ1) is 18.2. The zero-order valence-electron chi connectivity index (χ0n) is 23.4. The topological polar surface area (TPSA) is 133 Å². The number of ether oxygens (including phenoxy) is 1. The van der Waals surface area contributed by atoms with Gasteiger partial charge in [0.05, 0.1) is 18.6 Å². The number of amides is 2. The van der Waals surface area contributed by atoms with Crippen LogP contribution in [-0.2, 0) is 16.6 Å². The van der Waals surface area contributed by atoms with Crippen molar-refractivity contribution in [3.8, 4) is 5.75 Å². The van der Waals surface area contributed by atoms with Gasteiger partial charge in [-0.2, -0.15) is 4.31 Å². The molecule has 1 aromatic carbocycles. The lowest BCUT2D eigenvalue weighted by Crippen LogP contribution is -2.47. The molecule has 11 nitrogen and oxygen atoms in total. The molecule has 1 saturated heterocycles. The van der Waals surface area contributed by atoms with E-state index in [9.17, 15) is 23.1 Å². The lowest BCUT2D eigenvalue weighted by atomic mass is 10.0. The molecule has 1 aromatic heterocycles. The number of carbonyl (C=O) groups is 2. The highest BCUT2D eigenvalue weighted by Gasteiger charge is 2.41. The Hall–Kier alpha value is -3.12. The lowest BCUT2D eigenvalue weighted by Gasteiger charge is -2.35. The Kier molecular flexibility index (Phi) is 8.00. The third kappa shape index (κ3) is 6.22. The van der Waals surface area contributed by atoms with E-state index in [2.05, 4.69) is 4.98 Å². The van der Waals surface area contributed by atoms with Gasteiger partial charge in [-0.05, 0) is 83.1 Å². The van der Waals surface area contributed by atoms with Crippen LogP contribution in [-0.4, -0.2) is 82.9 Å². The van der Waals surface area contributed by atoms with Crippen molar-refractivity contribution >= 4 is 22.0 Å². The molecule has 1 aliphatic carbocycles. The molecule has 0 radical (unpaired) electrons. The molecule has 2 aliphatic rings. The fourth-order valence-electron chi connectivity index (χ4n) is 5.17. The van der Waals surface area contributed by atoms with Gasteiger partial charge in [-0.3, -0.25) is 4.79 Å². The number of aromatic nitrogens is 1. The van der Waals surface area contributed by atoms with Crippen molar-refractivity contribution in [2.45, 2.75) is 76.9 Å². The minimum atomic E-state index is -3.86. The van der Waals surface area contributed by atoms with Gasteiger partial charge in [-0.25, -0.2) is 18.2 Å². The monoisotopic (exact) mass is 562 g/mol. The Balaban J connectivity index is 1.47. The molecule has 2 heterocycles. The van der Waals surface area contributed by atoms with Crippen molar-refractivity contribution in [3.05, 3.63) is 41.1 Å². The van der Waals surface area contributed by atoms with Crippen molar-refractivity contribution in [2.75, 3.05) is 26.7 Å². The second kappa shape index (κ2) is 10.8. The maximum atomic E-state index is 13.7. The van der Waals surface area contributed by atoms with E-state index >= 15 is 0 Å². The zero-order valence-corrected chi connectivity index (χ0v) is 24.2. The Morgan fingerprint density at radius 1 is 1.18 bits per heavy atom. The van der Waals surface area contributed by atoms with Crippen LogP contribution in [0.2, 0.25) is 0 Å². The highest BCUT2D eigenvalue weighted by molar-refractivity contribution is 7.89. The van der Waals surface area contributed by atoms with E-state index in [0.29, 0.717) is 42.9 Å². The summed E-state index contributed by atoms with van der Waals surface area (Å²) in [6, 6.07) is 3.25. The number of hydrogen-bond acceptors (Lipinski definition) is 7. The van der Waals surface area contributed by atoms with Gasteiger partial charge >= 0.3 is 6.09 Å². The summed E-state index contributed by atoms with van der Waals surface area (Å²) in [5, 5.41) is 9.59. The number of methoxy groups -OCH3 is 1. The van der Waals surface area contributed by atoms with Crippen LogP contribution in [0.25, 0.3) is 0 Å². The molecule has 2 fully saturated rings. The molecule has 2 amide bonds. The normalized spacial score (nSPS) is 18.0. The molecule has 214 valence electrons. The Morgan fingerprint density at radius 3 is 2.36 bits per heavy atom. The van der Waals surface area contributed by atoms with Crippen LogP contribution < -0.4 is 4.74 Å². The van der Waals surface area contributed by atoms with Gasteiger partial charge in [0.2, 0.25) is 15.9 Å². The summed E-state index contributed by atoms with van der Waals surface area (Å²) >= 11 is 0. The van der Waals surface area contributed by atoms with Gasteiger partial charge < -0.3 is 24.1 Å². The first kappa shape index (κ1) is 28.9. The van der Waals surface area contributed by atoms with E-state index in [0.717, 1.165) is 12.8 Å². The second-order valence-electron chi connectivity index (χ2n) is 11.5. The van der Waals surface area contributed by atoms with Crippen molar-refractivity contribution in [1.29, 1.82) is 0 Å². The number of rotatable bonds is 9. The number of hydrogen-bond donors (Lipinski definition) is 1. The lowest BCUT2D eigenvalue weighted by molar-refractivity contribution is 0.0761. The fourth-order valence-corrected chi connectivity index (χ4v) is 7.22. The minimum absolute atomic E-state index is 0.0159. The number of aryl methyl sites for hydroxylation is 2. The molecule has 1 aliphatic heterocycles. The predicted molar refractivity (Wildman–Crippen MR) is 143 cm³/mol. The van der Waals surface area contributed by atoms with Gasteiger partial charge in [-0.1, -0.05) is 0 Å². The largest absolute Gasteiger partial charge is 0.497 e. The maximum Gasteiger partial charge on any atom is 0.407 e. The standard InChI is InChI=1S/C27H38N4O7S/c1-17-11-21(37-6)12-18(2)24(17)39(35,36)31(20-7-8-20)15-23-28-22(16-38-23)25(32)29-10-9-19(13-29)14-30(26(33)34)27(3,4)5/h11-12,16,19-20H,7-10,13-15H2,1-6H3,(H,33,34). The quantitative estimate of drug-likeness (QED) is 0.487. The van der Waals surface area contributed by atoms with E-state index in [4.69, 9.17) is 9.15 Å². The number of benzene rings is 1. The molecule has 1 N–H and O–H groups in total. The molecule has 2 aromatic rings. The summed E-state index contributed by atoms with van der Waals surface area (Å²) in [6.45, 7) is 10.2. The molecule has 1 atom stereocenters. The van der Waals surface area contributed by atoms with Gasteiger partial charge in [-0.15, -0.1) is 0 Å². The summed E-state index contributed by atoms with van der Waals surface area (Å²) in [5.41, 5.74) is 0.761. The summed E-state index contributed by atoms with van der Waals surface area (Å²) in [6.07, 6.45) is 2.47. The third-order valence-electron chi connectivity index (χ3n) is 7.31. The highest BCUT2D eigenvalue weighted by atomic mass is 32.2. The van der Waals surface area contributed by atoms with E-state index in [1.165, 1.54) is 15.5 Å². The Morgan fingerprint density at radius 2 is 1.82 bits per heavy atom. The maximum absolute atomic E-state index is 13.7. The number of carboxylic acid groups (broad SMARTS) is 1. The van der Waals surface area contributed by atoms with Crippen molar-refractivity contribution in [1.82, 2.24) is 19.1 Å². The van der Waals surface area contributed by atoms with Gasteiger partial charge in [0.15, 0.2) is 5.69 Å². The Bertz CT molecular complexity index is 1320. The summed E-state index contributed by atoms with van der Waals surface area (Å²) in [4.78, 5) is 32.5.